The molecule has 7 nitrogen and oxygen atoms in total. The fourth-order valence-electron chi connectivity index (χ4n) is 3.64. The molecule has 35 heavy (non-hydrogen) atoms. The van der Waals surface area contributed by atoms with Crippen molar-refractivity contribution in [2.75, 3.05) is 11.1 Å². The number of halogens is 2. The van der Waals surface area contributed by atoms with Crippen LogP contribution >= 0.6 is 0 Å². The van der Waals surface area contributed by atoms with Gasteiger partial charge in [-0.05, 0) is 66.9 Å². The van der Waals surface area contributed by atoms with E-state index in [1.165, 1.54) is 47.2 Å². The van der Waals surface area contributed by atoms with Crippen LogP contribution in [0.1, 0.15) is 5.56 Å². The van der Waals surface area contributed by atoms with Crippen LogP contribution in [0.15, 0.2) is 84.0 Å². The zero-order valence-corrected chi connectivity index (χ0v) is 18.5. The second kappa shape index (κ2) is 8.86. The van der Waals surface area contributed by atoms with Crippen LogP contribution < -0.4 is 21.3 Å². The Morgan fingerprint density at radius 1 is 0.943 bits per heavy atom. The summed E-state index contributed by atoms with van der Waals surface area (Å²) in [5.41, 5.74) is 6.92. The summed E-state index contributed by atoms with van der Waals surface area (Å²) in [5.74, 6) is -0.0513. The maximum atomic E-state index is 14.9. The Balaban J connectivity index is 1.49. The van der Waals surface area contributed by atoms with E-state index in [-0.39, 0.29) is 17.1 Å². The summed E-state index contributed by atoms with van der Waals surface area (Å²) in [6.07, 6.45) is 4.65. The van der Waals surface area contributed by atoms with Gasteiger partial charge in [-0.1, -0.05) is 0 Å². The van der Waals surface area contributed by atoms with E-state index in [0.29, 0.717) is 39.3 Å². The zero-order chi connectivity index (χ0) is 24.5. The number of hydrogen-bond acceptors (Lipinski definition) is 6. The van der Waals surface area contributed by atoms with E-state index in [2.05, 4.69) is 15.3 Å². The summed E-state index contributed by atoms with van der Waals surface area (Å²) in [4.78, 5) is 21.6. The zero-order valence-electron chi connectivity index (χ0n) is 18.5. The molecule has 0 aliphatic carbocycles. The van der Waals surface area contributed by atoms with E-state index in [1.54, 1.807) is 43.6 Å². The van der Waals surface area contributed by atoms with E-state index < -0.39 is 11.6 Å². The molecular formula is C26H19F2N5O2. The second-order valence-corrected chi connectivity index (χ2v) is 7.78. The molecule has 0 aliphatic heterocycles. The third kappa shape index (κ3) is 4.26. The molecule has 9 heteroatoms. The topological polar surface area (TPSA) is 95.1 Å². The number of fused-ring (bicyclic) bond motifs is 1. The van der Waals surface area contributed by atoms with E-state index in [0.717, 1.165) is 0 Å². The fourth-order valence-corrected chi connectivity index (χ4v) is 3.64. The van der Waals surface area contributed by atoms with Crippen molar-refractivity contribution >= 4 is 28.1 Å². The van der Waals surface area contributed by atoms with Gasteiger partial charge >= 0.3 is 0 Å². The molecule has 3 heterocycles. The van der Waals surface area contributed by atoms with Crippen molar-refractivity contribution in [3.8, 4) is 17.2 Å². The van der Waals surface area contributed by atoms with Crippen LogP contribution in [0.3, 0.4) is 0 Å². The number of nitrogen functional groups attached to an aromatic ring is 1. The Morgan fingerprint density at radius 2 is 1.71 bits per heavy atom. The van der Waals surface area contributed by atoms with Crippen molar-refractivity contribution in [2.24, 2.45) is 0 Å². The maximum absolute atomic E-state index is 14.9. The number of pyridine rings is 3. The molecule has 0 saturated carbocycles. The number of nitrogens with zero attached hydrogens (tertiary/aromatic N) is 3. The average Bonchev–Trinajstić information content (AvgIpc) is 2.84. The molecule has 0 amide bonds. The number of aromatic nitrogens is 3. The molecule has 3 N–H and O–H groups in total. The van der Waals surface area contributed by atoms with Crippen molar-refractivity contribution in [3.63, 3.8) is 0 Å². The Labute approximate surface area is 198 Å². The van der Waals surface area contributed by atoms with E-state index in [9.17, 15) is 13.6 Å². The van der Waals surface area contributed by atoms with E-state index >= 15 is 0 Å². The maximum Gasteiger partial charge on any atom is 0.266 e. The normalized spacial score (nSPS) is 10.9. The molecule has 0 aliphatic rings. The van der Waals surface area contributed by atoms with Gasteiger partial charge in [-0.15, -0.1) is 0 Å². The van der Waals surface area contributed by atoms with Crippen LogP contribution in [-0.4, -0.2) is 14.5 Å². The molecule has 0 bridgehead atoms. The lowest BCUT2D eigenvalue weighted by Gasteiger charge is -2.13. The van der Waals surface area contributed by atoms with Gasteiger partial charge in [0, 0.05) is 41.6 Å². The first-order chi connectivity index (χ1) is 16.9. The van der Waals surface area contributed by atoms with Crippen LogP contribution in [0.25, 0.3) is 16.5 Å². The summed E-state index contributed by atoms with van der Waals surface area (Å²) in [5, 5.41) is 3.98. The minimum atomic E-state index is -0.617. The number of hydrogen-bond donors (Lipinski definition) is 2. The molecule has 0 atom stereocenters. The first kappa shape index (κ1) is 22.0. The lowest BCUT2D eigenvalue weighted by Crippen LogP contribution is -2.19. The van der Waals surface area contributed by atoms with Gasteiger partial charge in [0.25, 0.3) is 5.56 Å². The first-order valence-corrected chi connectivity index (χ1v) is 10.6. The molecule has 2 aromatic carbocycles. The molecule has 5 rings (SSSR count). The number of benzene rings is 2. The van der Waals surface area contributed by atoms with Gasteiger partial charge in [0.15, 0.2) is 11.6 Å². The Morgan fingerprint density at radius 3 is 2.49 bits per heavy atom. The van der Waals surface area contributed by atoms with Gasteiger partial charge in [-0.25, -0.2) is 18.7 Å². The predicted octanol–water partition coefficient (Wildman–Crippen LogP) is 5.49. The lowest BCUT2D eigenvalue weighted by molar-refractivity contribution is 0.439. The third-order valence-corrected chi connectivity index (χ3v) is 5.53. The van der Waals surface area contributed by atoms with Gasteiger partial charge in [0.05, 0.1) is 5.39 Å². The quantitative estimate of drug-likeness (QED) is 0.352. The van der Waals surface area contributed by atoms with Gasteiger partial charge in [-0.3, -0.25) is 9.36 Å². The monoisotopic (exact) mass is 471 g/mol. The third-order valence-electron chi connectivity index (χ3n) is 5.53. The fraction of sp³-hybridized carbons (Fsp3) is 0.0385. The van der Waals surface area contributed by atoms with Gasteiger partial charge < -0.3 is 15.8 Å². The minimum absolute atomic E-state index is 0.00814. The van der Waals surface area contributed by atoms with Gasteiger partial charge in [0.2, 0.25) is 0 Å². The van der Waals surface area contributed by atoms with Crippen molar-refractivity contribution < 1.29 is 13.5 Å². The SMILES string of the molecule is Cc1c(Oc2ccc(Nc3nccc4ccn(-c5ccc(F)cc5)c(=O)c34)cc2F)ccnc1N. The Hall–Kier alpha value is -4.79. The molecule has 5 aromatic rings. The first-order valence-electron chi connectivity index (χ1n) is 10.6. The molecule has 0 saturated heterocycles. The standard InChI is InChI=1S/C26H19F2N5O2/c1-15-21(9-12-30-24(15)29)35-22-7-4-18(14-20(22)28)32-25-23-16(8-11-31-25)10-13-33(26(23)34)19-5-2-17(27)3-6-19/h2-14H,1H3,(H2,29,30)(H,31,32). The lowest BCUT2D eigenvalue weighted by atomic mass is 10.2. The van der Waals surface area contributed by atoms with Crippen LogP contribution in [0.4, 0.5) is 26.1 Å². The second-order valence-electron chi connectivity index (χ2n) is 7.78. The summed E-state index contributed by atoms with van der Waals surface area (Å²) >= 11 is 0. The van der Waals surface area contributed by atoms with Crippen LogP contribution in [0.2, 0.25) is 0 Å². The van der Waals surface area contributed by atoms with Gasteiger partial charge in [-0.2, -0.15) is 0 Å². The highest BCUT2D eigenvalue weighted by Gasteiger charge is 2.13. The van der Waals surface area contributed by atoms with E-state index in [1.807, 2.05) is 0 Å². The number of nitrogens with one attached hydrogen (secondary N) is 1. The number of ether oxygens (including phenoxy) is 1. The predicted molar refractivity (Wildman–Crippen MR) is 130 cm³/mol. The number of rotatable bonds is 5. The summed E-state index contributed by atoms with van der Waals surface area (Å²) in [6, 6.07) is 15.0. The van der Waals surface area contributed by atoms with Crippen molar-refractivity contribution in [3.05, 3.63) is 107 Å². The molecule has 0 radical (unpaired) electrons. The number of anilines is 3. The van der Waals surface area contributed by atoms with E-state index in [4.69, 9.17) is 10.5 Å². The Kier molecular flexibility index (Phi) is 5.58. The summed E-state index contributed by atoms with van der Waals surface area (Å²) in [7, 11) is 0. The minimum Gasteiger partial charge on any atom is -0.454 e. The number of nitrogens with two attached hydrogens (primary N) is 1. The molecule has 0 unspecified atom stereocenters. The highest BCUT2D eigenvalue weighted by atomic mass is 19.1. The average molecular weight is 471 g/mol. The molecule has 0 fully saturated rings. The largest absolute Gasteiger partial charge is 0.454 e. The highest BCUT2D eigenvalue weighted by molar-refractivity contribution is 5.92. The van der Waals surface area contributed by atoms with Crippen molar-refractivity contribution in [1.82, 2.24) is 14.5 Å². The molecule has 0 spiro atoms. The van der Waals surface area contributed by atoms with Crippen molar-refractivity contribution in [1.29, 1.82) is 0 Å². The molecular weight excluding hydrogens is 452 g/mol. The molecule has 3 aromatic heterocycles. The smallest absolute Gasteiger partial charge is 0.266 e. The molecule has 174 valence electrons. The summed E-state index contributed by atoms with van der Waals surface area (Å²) < 4.78 is 35.2. The van der Waals surface area contributed by atoms with Crippen LogP contribution in [0, 0.1) is 18.6 Å². The van der Waals surface area contributed by atoms with Gasteiger partial charge in [0.1, 0.15) is 23.2 Å². The van der Waals surface area contributed by atoms with Crippen LogP contribution in [-0.2, 0) is 0 Å². The highest BCUT2D eigenvalue weighted by Crippen LogP contribution is 2.31. The van der Waals surface area contributed by atoms with Crippen molar-refractivity contribution in [2.45, 2.75) is 6.92 Å². The van der Waals surface area contributed by atoms with Crippen LogP contribution in [0.5, 0.6) is 11.5 Å². The Bertz CT molecular complexity index is 1620. The summed E-state index contributed by atoms with van der Waals surface area (Å²) in [6.45, 7) is 1.73.